The second-order valence-electron chi connectivity index (χ2n) is 6.73. The quantitative estimate of drug-likeness (QED) is 0.870. The van der Waals surface area contributed by atoms with E-state index in [0.29, 0.717) is 37.0 Å². The first-order valence-corrected chi connectivity index (χ1v) is 8.02. The molecule has 7 heteroatoms. The Labute approximate surface area is 128 Å². The molecule has 3 fully saturated rings. The van der Waals surface area contributed by atoms with E-state index in [1.807, 2.05) is 4.90 Å². The minimum Gasteiger partial charge on any atom is -0.393 e. The van der Waals surface area contributed by atoms with Crippen molar-refractivity contribution in [3.05, 3.63) is 11.7 Å². The first kappa shape index (κ1) is 14.1. The number of carbonyl (C=O) groups excluding carboxylic acids is 1. The molecule has 1 N–H and O–H groups in total. The molecule has 2 saturated heterocycles. The summed E-state index contributed by atoms with van der Waals surface area (Å²) in [6.07, 6.45) is 2.72. The van der Waals surface area contributed by atoms with Crippen LogP contribution in [0.25, 0.3) is 0 Å². The van der Waals surface area contributed by atoms with Crippen molar-refractivity contribution in [1.82, 2.24) is 15.0 Å². The standard InChI is InChI=1S/C15H21N3O4/c1-8-16-14(17-22-8)12-6-9-2-3-18(7-13(9)21-12)15(20)10-4-11(19)5-10/h9-13,19H,2-7H2,1H3/t9-,10?,11?,12+,13+/m0/s1. The number of rotatable bonds is 2. The van der Waals surface area contributed by atoms with Crippen molar-refractivity contribution in [2.45, 2.75) is 50.9 Å². The molecule has 1 aliphatic carbocycles. The van der Waals surface area contributed by atoms with Crippen LogP contribution in [0.3, 0.4) is 0 Å². The number of carbonyl (C=O) groups is 1. The summed E-state index contributed by atoms with van der Waals surface area (Å²) in [5, 5.41) is 13.3. The lowest BCUT2D eigenvalue weighted by molar-refractivity contribution is -0.146. The van der Waals surface area contributed by atoms with Crippen molar-refractivity contribution in [1.29, 1.82) is 0 Å². The number of aromatic nitrogens is 2. The van der Waals surface area contributed by atoms with Crippen molar-refractivity contribution in [2.75, 3.05) is 13.1 Å². The van der Waals surface area contributed by atoms with Gasteiger partial charge in [-0.1, -0.05) is 5.16 Å². The fraction of sp³-hybridized carbons (Fsp3) is 0.800. The lowest BCUT2D eigenvalue weighted by Crippen LogP contribution is -2.50. The SMILES string of the molecule is Cc1nc([C@H]2C[C@@H]3CCN(C(=O)C4CC(O)C4)C[C@H]3O2)no1. The number of aryl methyl sites for hydroxylation is 1. The van der Waals surface area contributed by atoms with E-state index >= 15 is 0 Å². The van der Waals surface area contributed by atoms with Crippen LogP contribution in [0.15, 0.2) is 4.52 Å². The van der Waals surface area contributed by atoms with E-state index in [9.17, 15) is 9.90 Å². The lowest BCUT2D eigenvalue weighted by Gasteiger charge is -2.39. The predicted molar refractivity (Wildman–Crippen MR) is 74.7 cm³/mol. The van der Waals surface area contributed by atoms with Gasteiger partial charge in [0.25, 0.3) is 0 Å². The molecule has 4 rings (SSSR count). The topological polar surface area (TPSA) is 88.7 Å². The summed E-state index contributed by atoms with van der Waals surface area (Å²) in [5.74, 6) is 1.80. The van der Waals surface area contributed by atoms with Gasteiger partial charge in [0.05, 0.1) is 12.2 Å². The summed E-state index contributed by atoms with van der Waals surface area (Å²) in [7, 11) is 0. The minimum atomic E-state index is -0.292. The first-order chi connectivity index (χ1) is 10.6. The van der Waals surface area contributed by atoms with Gasteiger partial charge in [0.15, 0.2) is 0 Å². The van der Waals surface area contributed by atoms with Crippen molar-refractivity contribution < 1.29 is 19.2 Å². The Bertz CT molecular complexity index is 569. The molecule has 3 heterocycles. The number of nitrogens with zero attached hydrogens (tertiary/aromatic N) is 3. The van der Waals surface area contributed by atoms with Gasteiger partial charge in [-0.25, -0.2) is 0 Å². The number of piperidine rings is 1. The Morgan fingerprint density at radius 3 is 2.86 bits per heavy atom. The number of ether oxygens (including phenoxy) is 1. The van der Waals surface area contributed by atoms with Crippen molar-refractivity contribution >= 4 is 5.91 Å². The third-order valence-corrected chi connectivity index (χ3v) is 5.16. The van der Waals surface area contributed by atoms with Gasteiger partial charge in [0, 0.05) is 25.9 Å². The molecule has 3 atom stereocenters. The lowest BCUT2D eigenvalue weighted by atomic mass is 9.80. The van der Waals surface area contributed by atoms with E-state index < -0.39 is 0 Å². The largest absolute Gasteiger partial charge is 0.393 e. The van der Waals surface area contributed by atoms with Crippen molar-refractivity contribution in [2.24, 2.45) is 11.8 Å². The summed E-state index contributed by atoms with van der Waals surface area (Å²) in [6.45, 7) is 3.20. The van der Waals surface area contributed by atoms with E-state index in [1.54, 1.807) is 6.92 Å². The number of likely N-dealkylation sites (tertiary alicyclic amines) is 1. The van der Waals surface area contributed by atoms with Crippen LogP contribution in [0.1, 0.15) is 43.5 Å². The second-order valence-corrected chi connectivity index (χ2v) is 6.73. The molecule has 0 unspecified atom stereocenters. The van der Waals surface area contributed by atoms with Gasteiger partial charge in [0.2, 0.25) is 17.6 Å². The highest BCUT2D eigenvalue weighted by Gasteiger charge is 2.44. The molecular formula is C15H21N3O4. The van der Waals surface area contributed by atoms with Crippen molar-refractivity contribution in [3.8, 4) is 0 Å². The molecule has 0 radical (unpaired) electrons. The highest BCUT2D eigenvalue weighted by atomic mass is 16.5. The molecule has 1 amide bonds. The molecule has 22 heavy (non-hydrogen) atoms. The number of fused-ring (bicyclic) bond motifs is 1. The van der Waals surface area contributed by atoms with Crippen LogP contribution < -0.4 is 0 Å². The fourth-order valence-electron chi connectivity index (χ4n) is 3.79. The smallest absolute Gasteiger partial charge is 0.225 e. The van der Waals surface area contributed by atoms with Gasteiger partial charge in [-0.15, -0.1) is 0 Å². The van der Waals surface area contributed by atoms with E-state index in [0.717, 1.165) is 19.4 Å². The summed E-state index contributed by atoms with van der Waals surface area (Å²) >= 11 is 0. The zero-order valence-corrected chi connectivity index (χ0v) is 12.6. The normalized spacial score (nSPS) is 37.7. The molecule has 1 aromatic rings. The maximum atomic E-state index is 12.4. The number of aliphatic hydroxyl groups is 1. The predicted octanol–water partition coefficient (Wildman–Crippen LogP) is 0.827. The van der Waals surface area contributed by atoms with Crippen LogP contribution in [0.2, 0.25) is 0 Å². The van der Waals surface area contributed by atoms with Crippen LogP contribution in [0.5, 0.6) is 0 Å². The summed E-state index contributed by atoms with van der Waals surface area (Å²) in [6, 6.07) is 0. The highest BCUT2D eigenvalue weighted by molar-refractivity contribution is 5.80. The Morgan fingerprint density at radius 1 is 1.36 bits per heavy atom. The Balaban J connectivity index is 1.38. The first-order valence-electron chi connectivity index (χ1n) is 8.02. The van der Waals surface area contributed by atoms with E-state index in [-0.39, 0.29) is 30.1 Å². The van der Waals surface area contributed by atoms with E-state index in [1.165, 1.54) is 0 Å². The molecule has 1 aromatic heterocycles. The van der Waals surface area contributed by atoms with Gasteiger partial charge in [-0.2, -0.15) is 4.98 Å². The molecule has 2 aliphatic heterocycles. The van der Waals surface area contributed by atoms with Gasteiger partial charge in [0.1, 0.15) is 6.10 Å². The molecule has 3 aliphatic rings. The zero-order valence-electron chi connectivity index (χ0n) is 12.6. The molecular weight excluding hydrogens is 286 g/mol. The van der Waals surface area contributed by atoms with Crippen LogP contribution >= 0.6 is 0 Å². The summed E-state index contributed by atoms with van der Waals surface area (Å²) < 4.78 is 11.1. The molecule has 120 valence electrons. The van der Waals surface area contributed by atoms with Crippen LogP contribution in [0, 0.1) is 18.8 Å². The van der Waals surface area contributed by atoms with E-state index in [2.05, 4.69) is 10.1 Å². The number of hydrogen-bond acceptors (Lipinski definition) is 6. The monoisotopic (exact) mass is 307 g/mol. The fourth-order valence-corrected chi connectivity index (χ4v) is 3.79. The van der Waals surface area contributed by atoms with Crippen LogP contribution in [0.4, 0.5) is 0 Å². The summed E-state index contributed by atoms with van der Waals surface area (Å²) in [4.78, 5) is 18.5. The molecule has 0 aromatic carbocycles. The molecule has 0 spiro atoms. The second kappa shape index (κ2) is 5.31. The maximum absolute atomic E-state index is 12.4. The molecule has 1 saturated carbocycles. The average molecular weight is 307 g/mol. The zero-order chi connectivity index (χ0) is 15.3. The third-order valence-electron chi connectivity index (χ3n) is 5.16. The number of aliphatic hydroxyl groups excluding tert-OH is 1. The van der Waals surface area contributed by atoms with Gasteiger partial charge in [-0.05, 0) is 31.6 Å². The average Bonchev–Trinajstić information content (AvgIpc) is 3.08. The Hall–Kier alpha value is -1.47. The number of amides is 1. The van der Waals surface area contributed by atoms with Crippen LogP contribution in [-0.2, 0) is 9.53 Å². The Kier molecular flexibility index (Phi) is 3.41. The number of hydrogen-bond donors (Lipinski definition) is 1. The minimum absolute atomic E-state index is 0.00334. The summed E-state index contributed by atoms with van der Waals surface area (Å²) in [5.41, 5.74) is 0. The highest BCUT2D eigenvalue weighted by Crippen LogP contribution is 2.41. The van der Waals surface area contributed by atoms with Gasteiger partial charge in [-0.3, -0.25) is 4.79 Å². The van der Waals surface area contributed by atoms with Crippen LogP contribution in [-0.4, -0.2) is 51.4 Å². The van der Waals surface area contributed by atoms with Gasteiger partial charge >= 0.3 is 0 Å². The van der Waals surface area contributed by atoms with E-state index in [4.69, 9.17) is 9.26 Å². The molecule has 7 nitrogen and oxygen atoms in total. The van der Waals surface area contributed by atoms with Gasteiger partial charge < -0.3 is 19.3 Å². The van der Waals surface area contributed by atoms with Crippen molar-refractivity contribution in [3.63, 3.8) is 0 Å². The third kappa shape index (κ3) is 2.42. The molecule has 0 bridgehead atoms. The maximum Gasteiger partial charge on any atom is 0.225 e. The Morgan fingerprint density at radius 2 is 2.18 bits per heavy atom.